The van der Waals surface area contributed by atoms with Gasteiger partial charge in [-0.25, -0.2) is 4.39 Å². The van der Waals surface area contributed by atoms with E-state index >= 15 is 0 Å². The van der Waals surface area contributed by atoms with Gasteiger partial charge in [0.2, 0.25) is 5.01 Å². The third-order valence-electron chi connectivity index (χ3n) is 4.90. The number of hydrogen-bond acceptors (Lipinski definition) is 6. The van der Waals surface area contributed by atoms with Crippen molar-refractivity contribution in [2.45, 2.75) is 33.0 Å². The predicted molar refractivity (Wildman–Crippen MR) is 115 cm³/mol. The van der Waals surface area contributed by atoms with Crippen LogP contribution in [0.3, 0.4) is 0 Å². The molecule has 0 unspecified atom stereocenters. The van der Waals surface area contributed by atoms with E-state index in [-0.39, 0.29) is 17.8 Å². The summed E-state index contributed by atoms with van der Waals surface area (Å²) in [6, 6.07) is 14.2. The number of amides is 1. The molecule has 0 saturated carbocycles. The Hall–Kier alpha value is -2.84. The molecule has 0 aliphatic heterocycles. The fraction of sp³-hybridized carbons (Fsp3) is 0.318. The number of nitrogens with zero attached hydrogens (tertiary/aromatic N) is 3. The fourth-order valence-electron chi connectivity index (χ4n) is 3.08. The summed E-state index contributed by atoms with van der Waals surface area (Å²) in [4.78, 5) is 14.6. The molecule has 1 N–H and O–H groups in total. The Bertz CT molecular complexity index is 977. The van der Waals surface area contributed by atoms with Crippen LogP contribution >= 0.6 is 11.3 Å². The van der Waals surface area contributed by atoms with Gasteiger partial charge >= 0.3 is 0 Å². The lowest BCUT2D eigenvalue weighted by molar-refractivity contribution is 0.0950. The maximum absolute atomic E-state index is 13.0. The van der Waals surface area contributed by atoms with Gasteiger partial charge in [-0.1, -0.05) is 42.5 Å². The van der Waals surface area contributed by atoms with Crippen molar-refractivity contribution in [2.75, 3.05) is 13.7 Å². The average Bonchev–Trinajstić information content (AvgIpc) is 3.25. The SMILES string of the molecule is CCN(Cc1nnc(C(=O)NCc2ccc(F)cc2)s1)[C@H](C)c1cccc(OC)c1. The Labute approximate surface area is 179 Å². The topological polar surface area (TPSA) is 67.4 Å². The minimum absolute atomic E-state index is 0.157. The van der Waals surface area contributed by atoms with Crippen LogP contribution in [0.2, 0.25) is 0 Å². The minimum Gasteiger partial charge on any atom is -0.497 e. The molecular formula is C22H25FN4O2S. The van der Waals surface area contributed by atoms with Crippen molar-refractivity contribution >= 4 is 17.2 Å². The van der Waals surface area contributed by atoms with Gasteiger partial charge in [-0.3, -0.25) is 9.69 Å². The Morgan fingerprint density at radius 3 is 2.70 bits per heavy atom. The lowest BCUT2D eigenvalue weighted by atomic mass is 10.1. The van der Waals surface area contributed by atoms with Crippen LogP contribution in [0, 0.1) is 5.82 Å². The number of benzene rings is 2. The third-order valence-corrected chi connectivity index (χ3v) is 5.80. The highest BCUT2D eigenvalue weighted by Gasteiger charge is 2.19. The zero-order valence-electron chi connectivity index (χ0n) is 17.3. The summed E-state index contributed by atoms with van der Waals surface area (Å²) in [6.07, 6.45) is 0. The van der Waals surface area contributed by atoms with E-state index in [4.69, 9.17) is 4.74 Å². The predicted octanol–water partition coefficient (Wildman–Crippen LogP) is 4.20. The summed E-state index contributed by atoms with van der Waals surface area (Å²) in [7, 11) is 1.66. The van der Waals surface area contributed by atoms with Crippen LogP contribution in [-0.2, 0) is 13.1 Å². The highest BCUT2D eigenvalue weighted by Crippen LogP contribution is 2.26. The van der Waals surface area contributed by atoms with Gasteiger partial charge in [0.1, 0.15) is 16.6 Å². The third kappa shape index (κ3) is 5.61. The summed E-state index contributed by atoms with van der Waals surface area (Å²) >= 11 is 1.28. The van der Waals surface area contributed by atoms with Crippen LogP contribution in [0.4, 0.5) is 4.39 Å². The van der Waals surface area contributed by atoms with E-state index in [9.17, 15) is 9.18 Å². The lowest BCUT2D eigenvalue weighted by Crippen LogP contribution is -2.26. The molecule has 8 heteroatoms. The maximum Gasteiger partial charge on any atom is 0.282 e. The van der Waals surface area contributed by atoms with Gasteiger partial charge in [0.25, 0.3) is 5.91 Å². The normalized spacial score (nSPS) is 12.0. The molecule has 1 amide bonds. The van der Waals surface area contributed by atoms with Crippen molar-refractivity contribution in [3.63, 3.8) is 0 Å². The highest BCUT2D eigenvalue weighted by atomic mass is 32.1. The molecule has 0 aliphatic rings. The van der Waals surface area contributed by atoms with Crippen LogP contribution in [0.25, 0.3) is 0 Å². The summed E-state index contributed by atoms with van der Waals surface area (Å²) in [5, 5.41) is 12.1. The van der Waals surface area contributed by atoms with Crippen molar-refractivity contribution < 1.29 is 13.9 Å². The molecule has 0 fully saturated rings. The Kier molecular flexibility index (Phi) is 7.48. The van der Waals surface area contributed by atoms with Crippen molar-refractivity contribution in [3.8, 4) is 5.75 Å². The molecule has 1 aromatic heterocycles. The van der Waals surface area contributed by atoms with Crippen LogP contribution in [0.5, 0.6) is 5.75 Å². The molecule has 3 aromatic rings. The highest BCUT2D eigenvalue weighted by molar-refractivity contribution is 7.13. The molecule has 6 nitrogen and oxygen atoms in total. The Morgan fingerprint density at radius 1 is 1.23 bits per heavy atom. The molecule has 158 valence electrons. The second kappa shape index (κ2) is 10.3. The number of carbonyl (C=O) groups is 1. The Morgan fingerprint density at radius 2 is 2.00 bits per heavy atom. The van der Waals surface area contributed by atoms with Gasteiger partial charge in [0.05, 0.1) is 13.7 Å². The van der Waals surface area contributed by atoms with Crippen LogP contribution in [0.15, 0.2) is 48.5 Å². The van der Waals surface area contributed by atoms with Crippen molar-refractivity contribution in [2.24, 2.45) is 0 Å². The zero-order chi connectivity index (χ0) is 21.5. The largest absolute Gasteiger partial charge is 0.497 e. The molecule has 0 spiro atoms. The van der Waals surface area contributed by atoms with Crippen molar-refractivity contribution in [1.82, 2.24) is 20.4 Å². The molecule has 3 rings (SSSR count). The molecule has 0 radical (unpaired) electrons. The number of aromatic nitrogens is 2. The van der Waals surface area contributed by atoms with Crippen molar-refractivity contribution in [3.05, 3.63) is 75.5 Å². The number of halogens is 1. The smallest absolute Gasteiger partial charge is 0.282 e. The van der Waals surface area contributed by atoms with Gasteiger partial charge in [-0.05, 0) is 48.9 Å². The van der Waals surface area contributed by atoms with E-state index in [2.05, 4.69) is 40.3 Å². The molecule has 0 aliphatic carbocycles. The summed E-state index contributed by atoms with van der Waals surface area (Å²) in [6.45, 7) is 5.95. The monoisotopic (exact) mass is 428 g/mol. The van der Waals surface area contributed by atoms with E-state index in [0.29, 0.717) is 18.1 Å². The average molecular weight is 429 g/mol. The van der Waals surface area contributed by atoms with Gasteiger partial charge in [0.15, 0.2) is 0 Å². The molecule has 2 aromatic carbocycles. The first-order chi connectivity index (χ1) is 14.5. The summed E-state index contributed by atoms with van der Waals surface area (Å²) in [5.74, 6) is 0.237. The molecular weight excluding hydrogens is 403 g/mol. The maximum atomic E-state index is 13.0. The number of methoxy groups -OCH3 is 1. The van der Waals surface area contributed by atoms with Crippen LogP contribution in [-0.4, -0.2) is 34.7 Å². The summed E-state index contributed by atoms with van der Waals surface area (Å²) in [5.41, 5.74) is 1.97. The van der Waals surface area contributed by atoms with E-state index in [1.54, 1.807) is 19.2 Å². The number of hydrogen-bond donors (Lipinski definition) is 1. The number of rotatable bonds is 9. The first-order valence-electron chi connectivity index (χ1n) is 9.73. The fourth-order valence-corrected chi connectivity index (χ4v) is 3.86. The number of carbonyl (C=O) groups excluding carboxylic acids is 1. The van der Waals surface area contributed by atoms with E-state index < -0.39 is 0 Å². The number of nitrogens with one attached hydrogen (secondary N) is 1. The first kappa shape index (κ1) is 21.9. The standard InChI is InChI=1S/C22H25FN4O2S/c1-4-27(15(2)17-6-5-7-19(12-17)29-3)14-20-25-26-22(30-20)21(28)24-13-16-8-10-18(23)11-9-16/h5-12,15H,4,13-14H2,1-3H3,(H,24,28)/t15-/m1/s1. The summed E-state index contributed by atoms with van der Waals surface area (Å²) < 4.78 is 18.3. The molecule has 0 bridgehead atoms. The lowest BCUT2D eigenvalue weighted by Gasteiger charge is -2.27. The number of ether oxygens (including phenoxy) is 1. The van der Waals surface area contributed by atoms with Crippen molar-refractivity contribution in [1.29, 1.82) is 0 Å². The van der Waals surface area contributed by atoms with Gasteiger partial charge < -0.3 is 10.1 Å². The van der Waals surface area contributed by atoms with Gasteiger partial charge in [-0.2, -0.15) is 0 Å². The minimum atomic E-state index is -0.303. The first-order valence-corrected chi connectivity index (χ1v) is 10.5. The van der Waals surface area contributed by atoms with E-state index in [0.717, 1.165) is 28.4 Å². The molecule has 1 heterocycles. The zero-order valence-corrected chi connectivity index (χ0v) is 18.1. The van der Waals surface area contributed by atoms with E-state index in [1.807, 2.05) is 18.2 Å². The van der Waals surface area contributed by atoms with Crippen LogP contribution in [0.1, 0.15) is 45.8 Å². The Balaban J connectivity index is 1.61. The second-order valence-corrected chi connectivity index (χ2v) is 7.89. The quantitative estimate of drug-likeness (QED) is 0.553. The van der Waals surface area contributed by atoms with Gasteiger partial charge in [0, 0.05) is 12.6 Å². The van der Waals surface area contributed by atoms with E-state index in [1.165, 1.54) is 23.5 Å². The molecule has 0 saturated heterocycles. The second-order valence-electron chi connectivity index (χ2n) is 6.83. The van der Waals surface area contributed by atoms with Gasteiger partial charge in [-0.15, -0.1) is 10.2 Å². The van der Waals surface area contributed by atoms with Crippen LogP contribution < -0.4 is 10.1 Å². The molecule has 30 heavy (non-hydrogen) atoms. The molecule has 1 atom stereocenters.